The molecule has 1 amide bonds. The van der Waals surface area contributed by atoms with Crippen molar-refractivity contribution in [3.63, 3.8) is 0 Å². The number of nitrogens with one attached hydrogen (secondary N) is 2. The van der Waals surface area contributed by atoms with Crippen molar-refractivity contribution in [1.82, 2.24) is 30.0 Å². The minimum atomic E-state index is -2.33. The number of benzene rings is 1. The smallest absolute Gasteiger partial charge is 0.271 e. The van der Waals surface area contributed by atoms with Crippen LogP contribution < -0.4 is 14.8 Å². The summed E-state index contributed by atoms with van der Waals surface area (Å²) in [5, 5.41) is 3.69. The van der Waals surface area contributed by atoms with E-state index in [4.69, 9.17) is 4.74 Å². The van der Waals surface area contributed by atoms with E-state index in [0.717, 1.165) is 9.88 Å². The van der Waals surface area contributed by atoms with Crippen LogP contribution in [-0.2, 0) is 17.8 Å². The summed E-state index contributed by atoms with van der Waals surface area (Å²) >= 11 is -0.832. The molecule has 3 N–H and O–H groups in total. The van der Waals surface area contributed by atoms with Crippen molar-refractivity contribution >= 4 is 28.5 Å². The van der Waals surface area contributed by atoms with Crippen LogP contribution in [0.5, 0.6) is 11.6 Å². The quantitative estimate of drug-likeness (QED) is 0.300. The number of nitrogens with zero attached hydrogens (tertiary/aromatic N) is 4. The molecule has 10 nitrogen and oxygen atoms in total. The highest BCUT2D eigenvalue weighted by atomic mass is 32.2. The molecule has 0 aliphatic heterocycles. The number of carbonyl (C=O) groups is 1. The van der Waals surface area contributed by atoms with Gasteiger partial charge in [-0.05, 0) is 24.6 Å². The van der Waals surface area contributed by atoms with Crippen LogP contribution in [0.15, 0.2) is 67.3 Å². The van der Waals surface area contributed by atoms with Gasteiger partial charge in [-0.25, -0.2) is 23.9 Å². The second-order valence-electron chi connectivity index (χ2n) is 7.00. The van der Waals surface area contributed by atoms with E-state index in [0.29, 0.717) is 29.4 Å². The molecular weight excluding hydrogens is 476 g/mol. The Morgan fingerprint density at radius 1 is 1.06 bits per heavy atom. The Labute approximate surface area is 201 Å². The maximum atomic E-state index is 12.4. The van der Waals surface area contributed by atoms with Crippen molar-refractivity contribution in [1.29, 1.82) is 0 Å². The summed E-state index contributed by atoms with van der Waals surface area (Å²) in [6, 6.07) is 11.8. The minimum absolute atomic E-state index is 0.124. The lowest BCUT2D eigenvalue weighted by Gasteiger charge is -2.16. The number of thiazole rings is 1. The van der Waals surface area contributed by atoms with Crippen LogP contribution >= 0.6 is 11.3 Å². The number of rotatable bonds is 9. The topological polar surface area (TPSA) is 139 Å². The number of amides is 1. The predicted molar refractivity (Wildman–Crippen MR) is 127 cm³/mol. The van der Waals surface area contributed by atoms with Gasteiger partial charge in [0.25, 0.3) is 5.91 Å². The van der Waals surface area contributed by atoms with Gasteiger partial charge in [0.05, 0.1) is 35.7 Å². The van der Waals surface area contributed by atoms with Crippen LogP contribution in [0.3, 0.4) is 0 Å². The van der Waals surface area contributed by atoms with E-state index in [2.05, 4.69) is 30.0 Å². The standard InChI is InChI=1S/C22H20N6O4S2/c1-14-23-10-17(33-14)11-27-22(29)19-13-24-18(12-25-19)21(28-34(30)31)15-7-8-20(26-9-15)32-16-5-3-2-4-6-16/h2-10,12-13,21,28H,11H2,1H3,(H,27,29)(H,30,31). The highest BCUT2D eigenvalue weighted by Crippen LogP contribution is 2.24. The Bertz CT molecular complexity index is 1270. The Morgan fingerprint density at radius 2 is 1.88 bits per heavy atom. The molecule has 34 heavy (non-hydrogen) atoms. The number of aryl methyl sites for hydroxylation is 1. The van der Waals surface area contributed by atoms with E-state index in [1.54, 1.807) is 30.5 Å². The first kappa shape index (κ1) is 23.6. The van der Waals surface area contributed by atoms with Crippen LogP contribution in [-0.4, -0.2) is 34.6 Å². The molecule has 3 heterocycles. The average molecular weight is 497 g/mol. The maximum absolute atomic E-state index is 12.4. The van der Waals surface area contributed by atoms with E-state index >= 15 is 0 Å². The molecule has 2 unspecified atom stereocenters. The summed E-state index contributed by atoms with van der Waals surface area (Å²) in [6.07, 6.45) is 5.93. The first-order chi connectivity index (χ1) is 16.5. The molecule has 0 spiro atoms. The molecule has 0 bridgehead atoms. The molecule has 3 aromatic heterocycles. The molecule has 4 rings (SSSR count). The molecule has 0 aliphatic rings. The van der Waals surface area contributed by atoms with Crippen LogP contribution in [0.25, 0.3) is 0 Å². The SMILES string of the molecule is Cc1ncc(CNC(=O)c2cnc(C(NS(=O)O)c3ccc(Oc4ccccc4)nc3)cn2)s1. The van der Waals surface area contributed by atoms with Crippen molar-refractivity contribution in [2.45, 2.75) is 19.5 Å². The Morgan fingerprint density at radius 3 is 2.50 bits per heavy atom. The van der Waals surface area contributed by atoms with E-state index < -0.39 is 17.3 Å². The van der Waals surface area contributed by atoms with Crippen LogP contribution in [0.1, 0.15) is 37.7 Å². The molecule has 174 valence electrons. The van der Waals surface area contributed by atoms with Gasteiger partial charge in [0.1, 0.15) is 11.4 Å². The lowest BCUT2D eigenvalue weighted by molar-refractivity contribution is 0.0945. The zero-order valence-electron chi connectivity index (χ0n) is 17.9. The summed E-state index contributed by atoms with van der Waals surface area (Å²) in [7, 11) is 0. The van der Waals surface area contributed by atoms with Crippen molar-refractivity contribution in [2.75, 3.05) is 0 Å². The van der Waals surface area contributed by atoms with Gasteiger partial charge < -0.3 is 10.1 Å². The average Bonchev–Trinajstić information content (AvgIpc) is 3.27. The zero-order valence-corrected chi connectivity index (χ0v) is 19.5. The van der Waals surface area contributed by atoms with Crippen molar-refractivity contribution in [3.05, 3.63) is 94.1 Å². The van der Waals surface area contributed by atoms with Gasteiger partial charge in [0.2, 0.25) is 17.1 Å². The normalized spacial score (nSPS) is 12.6. The Kier molecular flexibility index (Phi) is 7.65. The van der Waals surface area contributed by atoms with Gasteiger partial charge in [0, 0.05) is 23.3 Å². The number of para-hydroxylation sites is 1. The maximum Gasteiger partial charge on any atom is 0.271 e. The first-order valence-electron chi connectivity index (χ1n) is 10.1. The molecule has 0 radical (unpaired) electrons. The number of ether oxygens (including phenoxy) is 1. The summed E-state index contributed by atoms with van der Waals surface area (Å²) in [5.74, 6) is 0.622. The number of pyridine rings is 1. The van der Waals surface area contributed by atoms with Gasteiger partial charge >= 0.3 is 0 Å². The molecule has 1 aromatic carbocycles. The monoisotopic (exact) mass is 496 g/mol. The van der Waals surface area contributed by atoms with Crippen LogP contribution in [0.2, 0.25) is 0 Å². The minimum Gasteiger partial charge on any atom is -0.439 e. The highest BCUT2D eigenvalue weighted by Gasteiger charge is 2.20. The first-order valence-corrected chi connectivity index (χ1v) is 12.0. The summed E-state index contributed by atoms with van der Waals surface area (Å²) in [4.78, 5) is 30.2. The lowest BCUT2D eigenvalue weighted by atomic mass is 10.1. The van der Waals surface area contributed by atoms with E-state index in [1.807, 2.05) is 25.1 Å². The van der Waals surface area contributed by atoms with Gasteiger partial charge in [-0.2, -0.15) is 0 Å². The Hall–Kier alpha value is -3.58. The number of hydrogen-bond acceptors (Lipinski definition) is 8. The molecule has 0 saturated heterocycles. The van der Waals surface area contributed by atoms with Crippen LogP contribution in [0, 0.1) is 6.92 Å². The van der Waals surface area contributed by atoms with Crippen molar-refractivity contribution in [2.24, 2.45) is 0 Å². The number of aromatic nitrogens is 4. The molecule has 0 saturated carbocycles. The van der Waals surface area contributed by atoms with Gasteiger partial charge in [-0.15, -0.1) is 11.3 Å². The fourth-order valence-electron chi connectivity index (χ4n) is 2.98. The number of hydrogen-bond donors (Lipinski definition) is 3. The van der Waals surface area contributed by atoms with Gasteiger partial charge in [-0.1, -0.05) is 24.3 Å². The summed E-state index contributed by atoms with van der Waals surface area (Å²) in [6.45, 7) is 2.23. The zero-order chi connectivity index (χ0) is 23.9. The summed E-state index contributed by atoms with van der Waals surface area (Å²) in [5.41, 5.74) is 1.03. The molecule has 0 fully saturated rings. The molecule has 4 aromatic rings. The van der Waals surface area contributed by atoms with E-state index in [9.17, 15) is 13.6 Å². The van der Waals surface area contributed by atoms with Crippen molar-refractivity contribution in [3.8, 4) is 11.6 Å². The molecule has 0 aliphatic carbocycles. The second kappa shape index (κ2) is 11.0. The van der Waals surface area contributed by atoms with E-state index in [-0.39, 0.29) is 11.6 Å². The summed E-state index contributed by atoms with van der Waals surface area (Å²) < 4.78 is 29.1. The lowest BCUT2D eigenvalue weighted by Crippen LogP contribution is -2.27. The Balaban J connectivity index is 1.46. The molecule has 12 heteroatoms. The number of carbonyl (C=O) groups excluding carboxylic acids is 1. The van der Waals surface area contributed by atoms with Crippen LogP contribution in [0.4, 0.5) is 0 Å². The van der Waals surface area contributed by atoms with E-state index in [1.165, 1.54) is 29.9 Å². The third kappa shape index (κ3) is 6.26. The van der Waals surface area contributed by atoms with Crippen molar-refractivity contribution < 1.29 is 18.3 Å². The van der Waals surface area contributed by atoms with Gasteiger partial charge in [-0.3, -0.25) is 14.3 Å². The largest absolute Gasteiger partial charge is 0.439 e. The third-order valence-corrected chi connectivity index (χ3v) is 5.92. The highest BCUT2D eigenvalue weighted by molar-refractivity contribution is 7.77. The second-order valence-corrected chi connectivity index (χ2v) is 9.05. The third-order valence-electron chi connectivity index (χ3n) is 4.57. The van der Waals surface area contributed by atoms with Gasteiger partial charge in [0.15, 0.2) is 0 Å². The molecule has 2 atom stereocenters. The molecular formula is C22H20N6O4S2. The fourth-order valence-corrected chi connectivity index (χ4v) is 4.17. The fraction of sp³-hybridized carbons (Fsp3) is 0.136. The predicted octanol–water partition coefficient (Wildman–Crippen LogP) is 3.17.